The topological polar surface area (TPSA) is 145 Å². The molecule has 1 aliphatic carbocycles. The van der Waals surface area contributed by atoms with Crippen LogP contribution in [0.4, 0.5) is 0 Å². The summed E-state index contributed by atoms with van der Waals surface area (Å²) in [4.78, 5) is 27.8. The van der Waals surface area contributed by atoms with Gasteiger partial charge in [0.05, 0.1) is 28.2 Å². The molecule has 263 valence electrons. The molecule has 11 heteroatoms. The number of carbonyl (C=O) groups is 2. The van der Waals surface area contributed by atoms with Crippen molar-refractivity contribution in [3.8, 4) is 11.5 Å². The summed E-state index contributed by atoms with van der Waals surface area (Å²) in [5.41, 5.74) is 3.65. The maximum Gasteiger partial charge on any atom is 2.00 e. The van der Waals surface area contributed by atoms with E-state index in [4.69, 9.17) is 29.8 Å². The first-order chi connectivity index (χ1) is 21.1. The van der Waals surface area contributed by atoms with E-state index < -0.39 is 28.1 Å². The van der Waals surface area contributed by atoms with E-state index in [9.17, 15) is 10.2 Å². The number of aromatic hydroxyl groups is 2. The molecule has 0 amide bonds. The third-order valence-corrected chi connectivity index (χ3v) is 11.9. The van der Waals surface area contributed by atoms with E-state index in [-0.39, 0.29) is 40.7 Å². The summed E-state index contributed by atoms with van der Waals surface area (Å²) < 4.78 is 0. The van der Waals surface area contributed by atoms with Crippen LogP contribution in [0.15, 0.2) is 34.3 Å². The molecule has 0 bridgehead atoms. The van der Waals surface area contributed by atoms with Crippen molar-refractivity contribution >= 4 is 50.9 Å². The molecular formula is C36H56CoN2O6Si2. The minimum atomic E-state index is -1.55. The van der Waals surface area contributed by atoms with Gasteiger partial charge < -0.3 is 30.0 Å². The molecule has 0 saturated heterocycles. The average molecular weight is 728 g/mol. The van der Waals surface area contributed by atoms with Gasteiger partial charge in [-0.05, 0) is 49.7 Å². The summed E-state index contributed by atoms with van der Waals surface area (Å²) in [6.45, 7) is 24.5. The van der Waals surface area contributed by atoms with E-state index in [1.807, 2.05) is 12.4 Å². The summed E-state index contributed by atoms with van der Waals surface area (Å²) in [6, 6.07) is 8.83. The second-order valence-electron chi connectivity index (χ2n) is 14.8. The van der Waals surface area contributed by atoms with E-state index in [2.05, 4.69) is 91.2 Å². The van der Waals surface area contributed by atoms with Crippen molar-refractivity contribution in [2.75, 3.05) is 0 Å². The van der Waals surface area contributed by atoms with Crippen molar-refractivity contribution in [3.05, 3.63) is 46.5 Å². The molecule has 2 N–H and O–H groups in total. The Bertz CT molecular complexity index is 1280. The fraction of sp³-hybridized carbons (Fsp3) is 0.556. The fourth-order valence-electron chi connectivity index (χ4n) is 5.09. The molecule has 0 spiro atoms. The quantitative estimate of drug-likeness (QED) is 0.296. The monoisotopic (exact) mass is 727 g/mol. The van der Waals surface area contributed by atoms with Gasteiger partial charge in [0.15, 0.2) is 0 Å². The van der Waals surface area contributed by atoms with Crippen LogP contribution >= 0.6 is 0 Å². The van der Waals surface area contributed by atoms with Crippen molar-refractivity contribution in [3.63, 3.8) is 0 Å². The largest absolute Gasteiger partial charge is 2.00 e. The molecule has 0 heterocycles. The van der Waals surface area contributed by atoms with Gasteiger partial charge in [-0.2, -0.15) is 0 Å². The third kappa shape index (κ3) is 14.9. The molecule has 2 atom stereocenters. The Balaban J connectivity index is 0.00000211. The molecule has 3 rings (SSSR count). The maximum absolute atomic E-state index is 11.1. The number of phenols is 2. The standard InChI is InChI=1S/C32H50N2O2Si2.2C2H4O2.Co/c1-21(2)27-17-25(37(5,6)7)15-23(31(27)35)19-33-29-13-11-12-14-30(29)34-20-24-16-26(38(8,9)10)18-28(22(3)4)32(24)36;2*1-2(3)4;/h15-22,29-30,35-36H,11-14H2,1-10H3;2*1H3,(H,3,4);/q;;;+2/p-2. The molecule has 1 aliphatic rings. The molecule has 1 radical (unpaired) electrons. The molecule has 2 unspecified atom stereocenters. The maximum atomic E-state index is 11.1. The number of hydrogen-bond acceptors (Lipinski definition) is 8. The molecule has 0 aromatic heterocycles. The summed E-state index contributed by atoms with van der Waals surface area (Å²) in [7, 11) is -3.10. The van der Waals surface area contributed by atoms with Crippen LogP contribution in [0.2, 0.25) is 39.3 Å². The van der Waals surface area contributed by atoms with Crippen molar-refractivity contribution in [1.82, 2.24) is 0 Å². The van der Waals surface area contributed by atoms with Crippen molar-refractivity contribution in [2.45, 2.75) is 130 Å². The number of aliphatic imine (C=N–C) groups is 2. The van der Waals surface area contributed by atoms with Gasteiger partial charge in [-0.25, -0.2) is 0 Å². The number of rotatable bonds is 8. The normalized spacial score (nSPS) is 16.7. The predicted octanol–water partition coefficient (Wildman–Crippen LogP) is 4.79. The average Bonchev–Trinajstić information content (AvgIpc) is 2.90. The zero-order valence-corrected chi connectivity index (χ0v) is 33.4. The number of carboxylic acid groups (broad SMARTS) is 2. The van der Waals surface area contributed by atoms with Gasteiger partial charge in [-0.1, -0.05) is 114 Å². The number of hydrogen-bond donors (Lipinski definition) is 2. The molecule has 47 heavy (non-hydrogen) atoms. The number of benzene rings is 2. The van der Waals surface area contributed by atoms with Crippen LogP contribution in [-0.4, -0.2) is 62.8 Å². The predicted molar refractivity (Wildman–Crippen MR) is 193 cm³/mol. The van der Waals surface area contributed by atoms with Crippen LogP contribution in [-0.2, 0) is 26.4 Å². The summed E-state index contributed by atoms with van der Waals surface area (Å²) in [5.74, 6) is -0.951. The van der Waals surface area contributed by atoms with Crippen LogP contribution in [0, 0.1) is 0 Å². The smallest absolute Gasteiger partial charge is 0.550 e. The first-order valence-corrected chi connectivity index (χ1v) is 23.2. The van der Waals surface area contributed by atoms with E-state index in [0.29, 0.717) is 11.5 Å². The van der Waals surface area contributed by atoms with Gasteiger partial charge in [-0.15, -0.1) is 0 Å². The van der Waals surface area contributed by atoms with Crippen LogP contribution in [0.3, 0.4) is 0 Å². The molecule has 2 aromatic carbocycles. The Morgan fingerprint density at radius 3 is 1.21 bits per heavy atom. The molecule has 1 saturated carbocycles. The van der Waals surface area contributed by atoms with Crippen LogP contribution in [0.5, 0.6) is 11.5 Å². The van der Waals surface area contributed by atoms with Gasteiger partial charge in [0.25, 0.3) is 0 Å². The van der Waals surface area contributed by atoms with Crippen molar-refractivity contribution in [1.29, 1.82) is 0 Å². The van der Waals surface area contributed by atoms with Crippen LogP contribution in [0.25, 0.3) is 0 Å². The summed E-state index contributed by atoms with van der Waals surface area (Å²) >= 11 is 0. The number of phenolic OH excluding ortho intramolecular Hbond substituents is 2. The number of carbonyl (C=O) groups excluding carboxylic acids is 2. The Hall–Kier alpha value is -2.74. The number of nitrogens with zero attached hydrogens (tertiary/aromatic N) is 2. The molecule has 1 fully saturated rings. The van der Waals surface area contributed by atoms with Crippen LogP contribution in [0.1, 0.15) is 101 Å². The minimum absolute atomic E-state index is 0. The Labute approximate surface area is 295 Å². The number of aliphatic carboxylic acids is 2. The van der Waals surface area contributed by atoms with Gasteiger partial charge in [0.2, 0.25) is 0 Å². The first kappa shape index (κ1) is 44.3. The Kier molecular flexibility index (Phi) is 18.2. The van der Waals surface area contributed by atoms with Gasteiger partial charge in [-0.3, -0.25) is 9.98 Å². The van der Waals surface area contributed by atoms with Gasteiger partial charge >= 0.3 is 16.8 Å². The third-order valence-electron chi connectivity index (χ3n) is 7.82. The van der Waals surface area contributed by atoms with E-state index in [0.717, 1.165) is 61.8 Å². The number of carboxylic acids is 2. The van der Waals surface area contributed by atoms with Crippen LogP contribution < -0.4 is 20.6 Å². The van der Waals surface area contributed by atoms with E-state index in [1.165, 1.54) is 10.4 Å². The van der Waals surface area contributed by atoms with Gasteiger partial charge in [0, 0.05) is 35.5 Å². The van der Waals surface area contributed by atoms with E-state index in [1.54, 1.807) is 0 Å². The zero-order valence-electron chi connectivity index (χ0n) is 30.4. The zero-order chi connectivity index (χ0) is 35.6. The summed E-state index contributed by atoms with van der Waals surface area (Å²) in [6.07, 6.45) is 8.04. The second-order valence-corrected chi connectivity index (χ2v) is 24.9. The van der Waals surface area contributed by atoms with E-state index >= 15 is 0 Å². The van der Waals surface area contributed by atoms with Crippen molar-refractivity contribution < 1.29 is 46.8 Å². The SMILES string of the molecule is CC(=O)[O-].CC(=O)[O-].CC(C)c1cc([Si](C)(C)C)cc(C=NC2CCCCC2N=Cc2cc([Si](C)(C)C)cc(C(C)C)c2O)c1O.[Co+2]. The van der Waals surface area contributed by atoms with Gasteiger partial charge in [0.1, 0.15) is 11.5 Å². The molecular weight excluding hydrogens is 672 g/mol. The second kappa shape index (κ2) is 19.3. The Morgan fingerprint density at radius 2 is 0.979 bits per heavy atom. The van der Waals surface area contributed by atoms with Crippen molar-refractivity contribution in [2.24, 2.45) is 9.98 Å². The molecule has 0 aliphatic heterocycles. The Morgan fingerprint density at radius 1 is 0.702 bits per heavy atom. The summed E-state index contributed by atoms with van der Waals surface area (Å²) in [5, 5.41) is 42.6. The fourth-order valence-corrected chi connectivity index (χ4v) is 7.45. The minimum Gasteiger partial charge on any atom is -0.550 e. The molecule has 8 nitrogen and oxygen atoms in total. The molecule has 2 aromatic rings. The first-order valence-electron chi connectivity index (χ1n) is 16.2.